The summed E-state index contributed by atoms with van der Waals surface area (Å²) >= 11 is 0. The van der Waals surface area contributed by atoms with Gasteiger partial charge in [-0.3, -0.25) is 0 Å². The molecular formula is C13H22N4O3. The fraction of sp³-hybridized carbons (Fsp3) is 0.769. The Balaban J connectivity index is 0.000000160. The first-order valence-corrected chi connectivity index (χ1v) is 7.15. The molecule has 1 aromatic heterocycles. The molecule has 1 saturated heterocycles. The van der Waals surface area contributed by atoms with E-state index in [0.29, 0.717) is 0 Å². The third kappa shape index (κ3) is 3.55. The van der Waals surface area contributed by atoms with Gasteiger partial charge >= 0.3 is 0 Å². The lowest BCUT2D eigenvalue weighted by Crippen LogP contribution is -2.49. The van der Waals surface area contributed by atoms with E-state index in [1.54, 1.807) is 0 Å². The van der Waals surface area contributed by atoms with E-state index in [4.69, 9.17) is 0 Å². The van der Waals surface area contributed by atoms with Crippen LogP contribution in [0.15, 0.2) is 18.7 Å². The zero-order valence-corrected chi connectivity index (χ0v) is 11.6. The number of hydrogen-bond donors (Lipinski definition) is 2. The second kappa shape index (κ2) is 6.81. The Labute approximate surface area is 118 Å². The van der Waals surface area contributed by atoms with Crippen molar-refractivity contribution in [2.75, 3.05) is 13.1 Å². The van der Waals surface area contributed by atoms with Crippen LogP contribution >= 0.6 is 0 Å². The van der Waals surface area contributed by atoms with Gasteiger partial charge in [-0.05, 0) is 32.2 Å². The van der Waals surface area contributed by atoms with Crippen LogP contribution in [0.1, 0.15) is 38.5 Å². The summed E-state index contributed by atoms with van der Waals surface area (Å²) in [7, 11) is 0. The lowest BCUT2D eigenvalue weighted by atomic mass is 9.68. The van der Waals surface area contributed by atoms with Crippen LogP contribution in [0, 0.1) is 15.5 Å². The van der Waals surface area contributed by atoms with Crippen LogP contribution in [0.5, 0.6) is 0 Å². The first kappa shape index (κ1) is 14.9. The van der Waals surface area contributed by atoms with Crippen molar-refractivity contribution in [3.8, 4) is 0 Å². The molecule has 1 saturated carbocycles. The minimum atomic E-state index is -0.562. The minimum absolute atomic E-state index is 0.0287. The molecule has 20 heavy (non-hydrogen) atoms. The van der Waals surface area contributed by atoms with Crippen molar-refractivity contribution in [1.29, 1.82) is 0 Å². The topological polar surface area (TPSA) is 93.2 Å². The monoisotopic (exact) mass is 282 g/mol. The molecule has 2 fully saturated rings. The van der Waals surface area contributed by atoms with Crippen LogP contribution in [0.3, 0.4) is 0 Å². The van der Waals surface area contributed by atoms with Gasteiger partial charge in [-0.25, -0.2) is 15.1 Å². The lowest BCUT2D eigenvalue weighted by Gasteiger charge is -2.44. The number of hydrogen-bond acceptors (Lipinski definition) is 5. The van der Waals surface area contributed by atoms with Crippen LogP contribution in [0.25, 0.3) is 0 Å². The van der Waals surface area contributed by atoms with E-state index < -0.39 is 5.03 Å². The van der Waals surface area contributed by atoms with E-state index >= 15 is 0 Å². The Kier molecular flexibility index (Phi) is 5.08. The molecule has 7 nitrogen and oxygen atoms in total. The molecule has 1 aromatic rings. The third-order valence-corrected chi connectivity index (χ3v) is 4.29. The summed E-state index contributed by atoms with van der Waals surface area (Å²) in [5, 5.41) is 22.6. The van der Waals surface area contributed by atoms with E-state index in [0.717, 1.165) is 30.5 Å². The highest BCUT2D eigenvalue weighted by Crippen LogP contribution is 2.41. The fourth-order valence-electron chi connectivity index (χ4n) is 3.13. The Morgan fingerprint density at radius 2 is 2.20 bits per heavy atom. The second-order valence-electron chi connectivity index (χ2n) is 5.58. The smallest absolute Gasteiger partial charge is 0.170 e. The standard InChI is InChI=1S/C10H19NO.C3H3N3O2/c12-9-4-1-2-5-10(9)6-3-7-11-8-10;7-6(8)5-2-1-4-3-5/h9,11-12H,1-8H2;1-3H/t9-,10+;/m1./s1. The predicted molar refractivity (Wildman–Crippen MR) is 73.6 cm³/mol. The van der Waals surface area contributed by atoms with E-state index in [1.807, 2.05) is 0 Å². The molecule has 0 unspecified atom stereocenters. The number of imidazole rings is 1. The van der Waals surface area contributed by atoms with Crippen LogP contribution < -0.4 is 5.32 Å². The van der Waals surface area contributed by atoms with Gasteiger partial charge in [0.15, 0.2) is 11.4 Å². The number of aromatic nitrogens is 2. The number of nitro groups is 1. The second-order valence-corrected chi connectivity index (χ2v) is 5.58. The average Bonchev–Trinajstić information content (AvgIpc) is 2.99. The average molecular weight is 282 g/mol. The molecule has 0 bridgehead atoms. The summed E-state index contributed by atoms with van der Waals surface area (Å²) in [6.45, 7) is 2.20. The van der Waals surface area contributed by atoms with Crippen LogP contribution in [-0.2, 0) is 0 Å². The van der Waals surface area contributed by atoms with Gasteiger partial charge in [0.2, 0.25) is 0 Å². The number of aliphatic hydroxyl groups is 1. The summed E-state index contributed by atoms with van der Waals surface area (Å²) in [5.41, 5.74) is 0.260. The molecule has 0 aromatic carbocycles. The van der Waals surface area contributed by atoms with Gasteiger partial charge < -0.3 is 10.4 Å². The van der Waals surface area contributed by atoms with Gasteiger partial charge in [0.25, 0.3) is 0 Å². The summed E-state index contributed by atoms with van der Waals surface area (Å²) in [5.74, 6) is 0. The van der Waals surface area contributed by atoms with Gasteiger partial charge in [0.05, 0.1) is 18.5 Å². The van der Waals surface area contributed by atoms with Crippen molar-refractivity contribution < 1.29 is 10.1 Å². The maximum Gasteiger partial charge on any atom is 0.170 e. The van der Waals surface area contributed by atoms with Crippen molar-refractivity contribution in [2.24, 2.45) is 5.41 Å². The predicted octanol–water partition coefficient (Wildman–Crippen LogP) is 1.21. The maximum absolute atomic E-state index is 9.94. The van der Waals surface area contributed by atoms with Crippen molar-refractivity contribution in [3.63, 3.8) is 0 Å². The number of aliphatic hydroxyl groups excluding tert-OH is 1. The summed E-state index contributed by atoms with van der Waals surface area (Å²) in [6.07, 6.45) is 11.0. The van der Waals surface area contributed by atoms with E-state index in [1.165, 1.54) is 44.5 Å². The Morgan fingerprint density at radius 3 is 2.70 bits per heavy atom. The zero-order chi connectivity index (χ0) is 14.4. The summed E-state index contributed by atoms with van der Waals surface area (Å²) in [4.78, 5) is 13.3. The molecule has 1 aliphatic heterocycles. The highest BCUT2D eigenvalue weighted by Gasteiger charge is 2.40. The van der Waals surface area contributed by atoms with E-state index in [9.17, 15) is 15.2 Å². The highest BCUT2D eigenvalue weighted by atomic mass is 16.7. The molecule has 2 atom stereocenters. The van der Waals surface area contributed by atoms with Crippen LogP contribution in [0.4, 0.5) is 0 Å². The molecule has 7 heteroatoms. The van der Waals surface area contributed by atoms with Gasteiger partial charge in [-0.15, -0.1) is 0 Å². The molecular weight excluding hydrogens is 260 g/mol. The lowest BCUT2D eigenvalue weighted by molar-refractivity contribution is -0.542. The third-order valence-electron chi connectivity index (χ3n) is 4.29. The molecule has 112 valence electrons. The van der Waals surface area contributed by atoms with Gasteiger partial charge in [0.1, 0.15) is 0 Å². The van der Waals surface area contributed by atoms with Crippen molar-refractivity contribution >= 4 is 0 Å². The molecule has 2 heterocycles. The first-order valence-electron chi connectivity index (χ1n) is 7.15. The number of rotatable bonds is 1. The number of nitrogens with one attached hydrogen (secondary N) is 1. The Hall–Kier alpha value is -1.47. The van der Waals surface area contributed by atoms with Gasteiger partial charge in [0, 0.05) is 12.0 Å². The quantitative estimate of drug-likeness (QED) is 0.596. The summed E-state index contributed by atoms with van der Waals surface area (Å²) in [6, 6.07) is 0. The molecule has 1 aliphatic carbocycles. The van der Waals surface area contributed by atoms with Gasteiger partial charge in [-0.2, -0.15) is 0 Å². The summed E-state index contributed by atoms with van der Waals surface area (Å²) < 4.78 is 0.778. The SMILES string of the molecule is O=[N+]([O-])n1ccnc1.O[C@@H]1CCCC[C@@]12CCCNC2. The normalized spacial score (nSPS) is 29.6. The molecule has 2 aliphatic rings. The molecule has 0 radical (unpaired) electrons. The molecule has 0 amide bonds. The van der Waals surface area contributed by atoms with Crippen molar-refractivity contribution in [1.82, 2.24) is 15.0 Å². The van der Waals surface area contributed by atoms with Gasteiger partial charge in [-0.1, -0.05) is 17.5 Å². The van der Waals surface area contributed by atoms with E-state index in [2.05, 4.69) is 10.3 Å². The Bertz CT molecular complexity index is 407. The zero-order valence-electron chi connectivity index (χ0n) is 11.6. The molecule has 1 spiro atoms. The van der Waals surface area contributed by atoms with Crippen LogP contribution in [0.2, 0.25) is 0 Å². The number of piperidine rings is 1. The van der Waals surface area contributed by atoms with Crippen molar-refractivity contribution in [3.05, 3.63) is 28.8 Å². The largest absolute Gasteiger partial charge is 0.393 e. The van der Waals surface area contributed by atoms with Crippen LogP contribution in [-0.4, -0.2) is 39.0 Å². The van der Waals surface area contributed by atoms with E-state index in [-0.39, 0.29) is 11.5 Å². The maximum atomic E-state index is 9.94. The number of nitrogens with zero attached hydrogens (tertiary/aromatic N) is 3. The fourth-order valence-corrected chi connectivity index (χ4v) is 3.13. The first-order chi connectivity index (χ1) is 9.64. The minimum Gasteiger partial charge on any atom is -0.393 e. The molecule has 2 N–H and O–H groups in total. The highest BCUT2D eigenvalue weighted by molar-refractivity contribution is 4.93. The van der Waals surface area contributed by atoms with Crippen molar-refractivity contribution in [2.45, 2.75) is 44.6 Å². The Morgan fingerprint density at radius 1 is 1.40 bits per heavy atom. The molecule has 3 rings (SSSR count).